The largest absolute Gasteiger partial charge is 0.314 e. The minimum atomic E-state index is 0. The van der Waals surface area contributed by atoms with Gasteiger partial charge in [-0.15, -0.1) is 24.8 Å². The minimum Gasteiger partial charge on any atom is -0.314 e. The summed E-state index contributed by atoms with van der Waals surface area (Å²) in [6, 6.07) is 20.4. The molecule has 1 atom stereocenters. The summed E-state index contributed by atoms with van der Waals surface area (Å²) >= 11 is 0. The molecule has 1 aliphatic rings. The zero-order valence-corrected chi connectivity index (χ0v) is 15.9. The lowest BCUT2D eigenvalue weighted by Gasteiger charge is -2.35. The van der Waals surface area contributed by atoms with Gasteiger partial charge in [0.2, 0.25) is 0 Å². The Morgan fingerprint density at radius 3 is 2.04 bits per heavy atom. The summed E-state index contributed by atoms with van der Waals surface area (Å²) in [5.41, 5.74) is 4.06. The van der Waals surface area contributed by atoms with Crippen LogP contribution in [0.25, 0.3) is 11.1 Å². The van der Waals surface area contributed by atoms with E-state index in [9.17, 15) is 0 Å². The molecule has 0 unspecified atom stereocenters. The van der Waals surface area contributed by atoms with Gasteiger partial charge in [0.05, 0.1) is 0 Å². The molecule has 3 rings (SSSR count). The smallest absolute Gasteiger partial charge is 0.0349 e. The van der Waals surface area contributed by atoms with Crippen LogP contribution in [0.4, 0.5) is 0 Å². The fourth-order valence-electron chi connectivity index (χ4n) is 3.36. The van der Waals surface area contributed by atoms with Crippen molar-refractivity contribution in [2.75, 3.05) is 26.2 Å². The molecule has 1 aliphatic heterocycles. The van der Waals surface area contributed by atoms with Crippen molar-refractivity contribution < 1.29 is 0 Å². The third kappa shape index (κ3) is 5.22. The van der Waals surface area contributed by atoms with Crippen LogP contribution in [0.5, 0.6) is 0 Å². The molecular weight excluding hydrogens is 339 g/mol. The summed E-state index contributed by atoms with van der Waals surface area (Å²) < 4.78 is 0. The van der Waals surface area contributed by atoms with E-state index in [1.807, 2.05) is 0 Å². The SMILES string of the molecule is CCC[C@@H](c1ccc(-c2ccccc2)cc1)N1CCNCC1.Cl.Cl. The predicted molar refractivity (Wildman–Crippen MR) is 108 cm³/mol. The molecule has 1 saturated heterocycles. The van der Waals surface area contributed by atoms with Gasteiger partial charge < -0.3 is 5.32 Å². The Morgan fingerprint density at radius 2 is 1.46 bits per heavy atom. The van der Waals surface area contributed by atoms with Crippen molar-refractivity contribution in [3.05, 3.63) is 60.2 Å². The van der Waals surface area contributed by atoms with Crippen molar-refractivity contribution >= 4 is 24.8 Å². The monoisotopic (exact) mass is 366 g/mol. The number of rotatable bonds is 5. The van der Waals surface area contributed by atoms with Crippen molar-refractivity contribution in [1.82, 2.24) is 10.2 Å². The van der Waals surface area contributed by atoms with Gasteiger partial charge >= 0.3 is 0 Å². The molecule has 1 heterocycles. The molecule has 132 valence electrons. The molecule has 2 nitrogen and oxygen atoms in total. The van der Waals surface area contributed by atoms with E-state index in [2.05, 4.69) is 71.7 Å². The second kappa shape index (κ2) is 10.7. The first-order chi connectivity index (χ1) is 10.9. The molecule has 0 saturated carbocycles. The predicted octanol–water partition coefficient (Wildman–Crippen LogP) is 4.94. The van der Waals surface area contributed by atoms with Crippen molar-refractivity contribution in [1.29, 1.82) is 0 Å². The quantitative estimate of drug-likeness (QED) is 0.805. The molecule has 0 radical (unpaired) electrons. The van der Waals surface area contributed by atoms with Crippen LogP contribution in [0.1, 0.15) is 31.4 Å². The highest BCUT2D eigenvalue weighted by atomic mass is 35.5. The summed E-state index contributed by atoms with van der Waals surface area (Å²) in [5, 5.41) is 3.45. The third-order valence-corrected chi connectivity index (χ3v) is 4.56. The van der Waals surface area contributed by atoms with Gasteiger partial charge in [0, 0.05) is 32.2 Å². The summed E-state index contributed by atoms with van der Waals surface area (Å²) in [7, 11) is 0. The van der Waals surface area contributed by atoms with E-state index in [0.717, 1.165) is 26.2 Å². The van der Waals surface area contributed by atoms with Gasteiger partial charge in [-0.05, 0) is 23.1 Å². The van der Waals surface area contributed by atoms with Crippen LogP contribution >= 0.6 is 24.8 Å². The molecule has 2 aromatic carbocycles. The first-order valence-corrected chi connectivity index (χ1v) is 8.48. The van der Waals surface area contributed by atoms with Crippen LogP contribution in [0, 0.1) is 0 Å². The minimum absolute atomic E-state index is 0. The molecule has 1 N–H and O–H groups in total. The van der Waals surface area contributed by atoms with E-state index >= 15 is 0 Å². The van der Waals surface area contributed by atoms with Crippen LogP contribution < -0.4 is 5.32 Å². The topological polar surface area (TPSA) is 15.3 Å². The van der Waals surface area contributed by atoms with E-state index in [1.54, 1.807) is 0 Å². The highest BCUT2D eigenvalue weighted by Crippen LogP contribution is 2.28. The van der Waals surface area contributed by atoms with E-state index in [0.29, 0.717) is 6.04 Å². The highest BCUT2D eigenvalue weighted by molar-refractivity contribution is 5.85. The lowest BCUT2D eigenvalue weighted by atomic mass is 9.97. The molecule has 0 bridgehead atoms. The Labute approximate surface area is 158 Å². The number of nitrogens with zero attached hydrogens (tertiary/aromatic N) is 1. The number of hydrogen-bond donors (Lipinski definition) is 1. The van der Waals surface area contributed by atoms with Crippen LogP contribution in [0.3, 0.4) is 0 Å². The summed E-state index contributed by atoms with van der Waals surface area (Å²) in [5.74, 6) is 0. The van der Waals surface area contributed by atoms with Gasteiger partial charge in [-0.3, -0.25) is 4.90 Å². The summed E-state index contributed by atoms with van der Waals surface area (Å²) in [4.78, 5) is 2.64. The average Bonchev–Trinajstić information content (AvgIpc) is 2.61. The normalized spacial score (nSPS) is 15.9. The molecular formula is C20H28Cl2N2. The Hall–Kier alpha value is -1.06. The molecule has 24 heavy (non-hydrogen) atoms. The summed E-state index contributed by atoms with van der Waals surface area (Å²) in [6.07, 6.45) is 2.47. The van der Waals surface area contributed by atoms with E-state index in [-0.39, 0.29) is 24.8 Å². The molecule has 2 aromatic rings. The summed E-state index contributed by atoms with van der Waals surface area (Å²) in [6.45, 7) is 6.83. The van der Waals surface area contributed by atoms with Crippen LogP contribution in [0.2, 0.25) is 0 Å². The Balaban J connectivity index is 0.00000144. The van der Waals surface area contributed by atoms with Gasteiger partial charge in [-0.1, -0.05) is 67.9 Å². The second-order valence-corrected chi connectivity index (χ2v) is 6.08. The number of nitrogens with one attached hydrogen (secondary N) is 1. The van der Waals surface area contributed by atoms with Crippen LogP contribution in [-0.4, -0.2) is 31.1 Å². The van der Waals surface area contributed by atoms with Gasteiger partial charge in [-0.25, -0.2) is 0 Å². The van der Waals surface area contributed by atoms with Gasteiger partial charge in [0.25, 0.3) is 0 Å². The first-order valence-electron chi connectivity index (χ1n) is 8.48. The zero-order valence-electron chi connectivity index (χ0n) is 14.3. The molecule has 0 aromatic heterocycles. The van der Waals surface area contributed by atoms with Crippen molar-refractivity contribution in [3.8, 4) is 11.1 Å². The van der Waals surface area contributed by atoms with Gasteiger partial charge in [-0.2, -0.15) is 0 Å². The maximum atomic E-state index is 3.45. The molecule has 4 heteroatoms. The van der Waals surface area contributed by atoms with Crippen molar-refractivity contribution in [2.24, 2.45) is 0 Å². The maximum Gasteiger partial charge on any atom is 0.0349 e. The number of halogens is 2. The van der Waals surface area contributed by atoms with Crippen molar-refractivity contribution in [3.63, 3.8) is 0 Å². The van der Waals surface area contributed by atoms with E-state index in [4.69, 9.17) is 0 Å². The van der Waals surface area contributed by atoms with Crippen LogP contribution in [-0.2, 0) is 0 Å². The fraction of sp³-hybridized carbons (Fsp3) is 0.400. The number of hydrogen-bond acceptors (Lipinski definition) is 2. The second-order valence-electron chi connectivity index (χ2n) is 6.08. The van der Waals surface area contributed by atoms with Gasteiger partial charge in [0.1, 0.15) is 0 Å². The molecule has 0 spiro atoms. The standard InChI is InChI=1S/C20H26N2.2ClH/c1-2-6-20(22-15-13-21-14-16-22)19-11-9-18(10-12-19)17-7-4-3-5-8-17;;/h3-5,7-12,20-21H,2,6,13-16H2,1H3;2*1H/t20-;;/m0../s1. The zero-order chi connectivity index (χ0) is 15.2. The lowest BCUT2D eigenvalue weighted by Crippen LogP contribution is -2.45. The average molecular weight is 367 g/mol. The van der Waals surface area contributed by atoms with Crippen LogP contribution in [0.15, 0.2) is 54.6 Å². The van der Waals surface area contributed by atoms with Crippen molar-refractivity contribution in [2.45, 2.75) is 25.8 Å². The lowest BCUT2D eigenvalue weighted by molar-refractivity contribution is 0.164. The highest BCUT2D eigenvalue weighted by Gasteiger charge is 2.21. The van der Waals surface area contributed by atoms with E-state index in [1.165, 1.54) is 29.5 Å². The molecule has 1 fully saturated rings. The maximum absolute atomic E-state index is 3.45. The Morgan fingerprint density at radius 1 is 0.875 bits per heavy atom. The third-order valence-electron chi connectivity index (χ3n) is 4.56. The number of piperazine rings is 1. The van der Waals surface area contributed by atoms with Gasteiger partial charge in [0.15, 0.2) is 0 Å². The Bertz CT molecular complexity index is 566. The number of benzene rings is 2. The fourth-order valence-corrected chi connectivity index (χ4v) is 3.36. The van der Waals surface area contributed by atoms with E-state index < -0.39 is 0 Å². The first kappa shape index (κ1) is 21.0. The molecule has 0 amide bonds. The Kier molecular flexibility index (Phi) is 9.38. The molecule has 0 aliphatic carbocycles.